The van der Waals surface area contributed by atoms with Gasteiger partial charge < -0.3 is 15.4 Å². The third-order valence-electron chi connectivity index (χ3n) is 4.35. The molecule has 2 atom stereocenters. The molecule has 0 saturated carbocycles. The summed E-state index contributed by atoms with van der Waals surface area (Å²) in [5.74, 6) is 2.51. The number of benzene rings is 1. The first-order chi connectivity index (χ1) is 9.74. The lowest BCUT2D eigenvalue weighted by atomic mass is 10.0. The van der Waals surface area contributed by atoms with Crippen LogP contribution in [0.3, 0.4) is 0 Å². The molecular formula is C16H21N3O. The van der Waals surface area contributed by atoms with E-state index in [0.717, 1.165) is 23.5 Å². The van der Waals surface area contributed by atoms with Crippen LogP contribution in [-0.4, -0.2) is 31.2 Å². The van der Waals surface area contributed by atoms with Gasteiger partial charge >= 0.3 is 0 Å². The molecule has 1 saturated heterocycles. The van der Waals surface area contributed by atoms with Crippen LogP contribution >= 0.6 is 0 Å². The van der Waals surface area contributed by atoms with E-state index in [0.29, 0.717) is 18.5 Å². The first kappa shape index (κ1) is 13.2. The standard InChI is InChI=1S/C16H21N3O/c1-11-6-8-19(15(11)10-17)16-14-9-13(20-2)4-3-12(14)5-7-18-16/h3-5,7,9,11,15H,6,8,10,17H2,1-2H3. The number of methoxy groups -OCH3 is 1. The molecule has 0 amide bonds. The fourth-order valence-corrected chi connectivity index (χ4v) is 3.12. The number of ether oxygens (including phenoxy) is 1. The van der Waals surface area contributed by atoms with E-state index in [4.69, 9.17) is 10.5 Å². The lowest BCUT2D eigenvalue weighted by molar-refractivity contribution is 0.415. The molecule has 1 aliphatic heterocycles. The minimum atomic E-state index is 0.374. The van der Waals surface area contributed by atoms with Gasteiger partial charge in [-0.15, -0.1) is 0 Å². The van der Waals surface area contributed by atoms with Crippen LogP contribution in [0.4, 0.5) is 5.82 Å². The van der Waals surface area contributed by atoms with E-state index >= 15 is 0 Å². The summed E-state index contributed by atoms with van der Waals surface area (Å²) in [4.78, 5) is 6.97. The third kappa shape index (κ3) is 2.10. The van der Waals surface area contributed by atoms with Crippen LogP contribution in [0.1, 0.15) is 13.3 Å². The van der Waals surface area contributed by atoms with E-state index in [1.165, 1.54) is 11.8 Å². The van der Waals surface area contributed by atoms with Crippen molar-refractivity contribution < 1.29 is 4.74 Å². The summed E-state index contributed by atoms with van der Waals surface area (Å²) in [5.41, 5.74) is 5.96. The van der Waals surface area contributed by atoms with Gasteiger partial charge in [0.15, 0.2) is 0 Å². The Bertz CT molecular complexity index is 614. The molecule has 1 aliphatic rings. The van der Waals surface area contributed by atoms with E-state index in [1.54, 1.807) is 7.11 Å². The van der Waals surface area contributed by atoms with Crippen molar-refractivity contribution in [1.29, 1.82) is 0 Å². The molecule has 106 valence electrons. The number of nitrogens with two attached hydrogens (primary N) is 1. The van der Waals surface area contributed by atoms with Gasteiger partial charge in [0.1, 0.15) is 11.6 Å². The molecule has 0 aliphatic carbocycles. The number of aromatic nitrogens is 1. The molecular weight excluding hydrogens is 250 g/mol. The van der Waals surface area contributed by atoms with Crippen molar-refractivity contribution >= 4 is 16.6 Å². The lowest BCUT2D eigenvalue weighted by Crippen LogP contribution is -2.38. The molecule has 0 bridgehead atoms. The van der Waals surface area contributed by atoms with Crippen LogP contribution in [0, 0.1) is 5.92 Å². The lowest BCUT2D eigenvalue weighted by Gasteiger charge is -2.27. The molecule has 3 rings (SSSR count). The molecule has 0 radical (unpaired) electrons. The predicted octanol–water partition coefficient (Wildman–Crippen LogP) is 2.42. The largest absolute Gasteiger partial charge is 0.497 e. The van der Waals surface area contributed by atoms with E-state index < -0.39 is 0 Å². The maximum Gasteiger partial charge on any atom is 0.136 e. The van der Waals surface area contributed by atoms with Crippen LogP contribution in [0.5, 0.6) is 5.75 Å². The molecule has 1 aromatic heterocycles. The van der Waals surface area contributed by atoms with E-state index in [-0.39, 0.29) is 0 Å². The highest BCUT2D eigenvalue weighted by molar-refractivity contribution is 5.93. The summed E-state index contributed by atoms with van der Waals surface area (Å²) in [6.45, 7) is 3.96. The Kier molecular flexibility index (Phi) is 3.49. The highest BCUT2D eigenvalue weighted by Crippen LogP contribution is 2.34. The van der Waals surface area contributed by atoms with Gasteiger partial charge in [-0.2, -0.15) is 0 Å². The van der Waals surface area contributed by atoms with Gasteiger partial charge in [-0.1, -0.05) is 13.0 Å². The van der Waals surface area contributed by atoms with Gasteiger partial charge in [0, 0.05) is 30.7 Å². The maximum absolute atomic E-state index is 5.96. The third-order valence-corrected chi connectivity index (χ3v) is 4.35. The molecule has 20 heavy (non-hydrogen) atoms. The molecule has 1 aromatic carbocycles. The van der Waals surface area contributed by atoms with Crippen molar-refractivity contribution in [3.8, 4) is 5.75 Å². The summed E-state index contributed by atoms with van der Waals surface area (Å²) in [6.07, 6.45) is 3.05. The smallest absolute Gasteiger partial charge is 0.136 e. The molecule has 4 nitrogen and oxygen atoms in total. The second kappa shape index (κ2) is 5.29. The zero-order valence-electron chi connectivity index (χ0n) is 12.0. The van der Waals surface area contributed by atoms with E-state index in [2.05, 4.69) is 28.9 Å². The average molecular weight is 271 g/mol. The van der Waals surface area contributed by atoms with Crippen molar-refractivity contribution in [3.05, 3.63) is 30.5 Å². The number of rotatable bonds is 3. The fraction of sp³-hybridized carbons (Fsp3) is 0.438. The second-order valence-corrected chi connectivity index (χ2v) is 5.48. The topological polar surface area (TPSA) is 51.4 Å². The maximum atomic E-state index is 5.96. The SMILES string of the molecule is COc1ccc2ccnc(N3CCC(C)C3CN)c2c1. The Morgan fingerprint density at radius 2 is 2.25 bits per heavy atom. The Morgan fingerprint density at radius 1 is 1.40 bits per heavy atom. The van der Waals surface area contributed by atoms with E-state index in [1.807, 2.05) is 18.3 Å². The van der Waals surface area contributed by atoms with Gasteiger partial charge in [0.25, 0.3) is 0 Å². The zero-order chi connectivity index (χ0) is 14.1. The normalized spacial score (nSPS) is 22.4. The summed E-state index contributed by atoms with van der Waals surface area (Å²) in [6, 6.07) is 8.54. The molecule has 0 spiro atoms. The van der Waals surface area contributed by atoms with Gasteiger partial charge in [-0.25, -0.2) is 4.98 Å². The highest BCUT2D eigenvalue weighted by Gasteiger charge is 2.31. The number of pyridine rings is 1. The predicted molar refractivity (Wildman–Crippen MR) is 82.3 cm³/mol. The summed E-state index contributed by atoms with van der Waals surface area (Å²) >= 11 is 0. The Hall–Kier alpha value is -1.81. The van der Waals surface area contributed by atoms with Crippen LogP contribution in [-0.2, 0) is 0 Å². The molecule has 2 N–H and O–H groups in total. The average Bonchev–Trinajstić information content (AvgIpc) is 2.86. The number of hydrogen-bond donors (Lipinski definition) is 1. The van der Waals surface area contributed by atoms with Gasteiger partial charge in [-0.3, -0.25) is 0 Å². The quantitative estimate of drug-likeness (QED) is 0.931. The van der Waals surface area contributed by atoms with Crippen molar-refractivity contribution in [2.75, 3.05) is 25.1 Å². The Morgan fingerprint density at radius 3 is 3.00 bits per heavy atom. The van der Waals surface area contributed by atoms with Gasteiger partial charge in [-0.05, 0) is 35.9 Å². The molecule has 2 aromatic rings. The van der Waals surface area contributed by atoms with Crippen LogP contribution in [0.2, 0.25) is 0 Å². The van der Waals surface area contributed by atoms with Gasteiger partial charge in [0.05, 0.1) is 7.11 Å². The van der Waals surface area contributed by atoms with Crippen LogP contribution in [0.15, 0.2) is 30.5 Å². The Balaban J connectivity index is 2.11. The minimum Gasteiger partial charge on any atom is -0.497 e. The number of anilines is 1. The fourth-order valence-electron chi connectivity index (χ4n) is 3.12. The first-order valence-corrected chi connectivity index (χ1v) is 7.14. The summed E-state index contributed by atoms with van der Waals surface area (Å²) in [7, 11) is 1.69. The second-order valence-electron chi connectivity index (χ2n) is 5.48. The minimum absolute atomic E-state index is 0.374. The van der Waals surface area contributed by atoms with Gasteiger partial charge in [0.2, 0.25) is 0 Å². The Labute approximate surface area is 119 Å². The molecule has 1 fully saturated rings. The van der Waals surface area contributed by atoms with Crippen molar-refractivity contribution in [1.82, 2.24) is 4.98 Å². The highest BCUT2D eigenvalue weighted by atomic mass is 16.5. The van der Waals surface area contributed by atoms with E-state index in [9.17, 15) is 0 Å². The monoisotopic (exact) mass is 271 g/mol. The van der Waals surface area contributed by atoms with Crippen LogP contribution < -0.4 is 15.4 Å². The number of hydrogen-bond acceptors (Lipinski definition) is 4. The summed E-state index contributed by atoms with van der Waals surface area (Å²) < 4.78 is 5.34. The number of nitrogens with zero attached hydrogens (tertiary/aromatic N) is 2. The molecule has 4 heteroatoms. The van der Waals surface area contributed by atoms with Crippen molar-refractivity contribution in [3.63, 3.8) is 0 Å². The summed E-state index contributed by atoms with van der Waals surface area (Å²) in [5, 5.41) is 2.32. The first-order valence-electron chi connectivity index (χ1n) is 7.14. The number of fused-ring (bicyclic) bond motifs is 1. The van der Waals surface area contributed by atoms with Crippen molar-refractivity contribution in [2.24, 2.45) is 11.7 Å². The molecule has 2 unspecified atom stereocenters. The van der Waals surface area contributed by atoms with Crippen molar-refractivity contribution in [2.45, 2.75) is 19.4 Å². The van der Waals surface area contributed by atoms with Crippen LogP contribution in [0.25, 0.3) is 10.8 Å². The molecule has 2 heterocycles. The zero-order valence-corrected chi connectivity index (χ0v) is 12.0.